The number of hydrogen-bond acceptors (Lipinski definition) is 6. The second kappa shape index (κ2) is 62900. The average Bonchev–Trinajstić information content (AvgIpc) is 2.33. The maximum Gasteiger partial charge on any atom is 6.00 e. The monoisotopic (exact) mass is 300 g/mol. The first-order valence-corrected chi connectivity index (χ1v) is 1.34. The van der Waals surface area contributed by atoms with Crippen molar-refractivity contribution in [2.45, 2.75) is 0 Å². The number of nitrogens with zero attached hydrogens (tertiary/aromatic N) is 6. The van der Waals surface area contributed by atoms with Crippen LogP contribution >= 0.6 is 0 Å². The van der Waals surface area contributed by atoms with E-state index in [0.717, 1.165) is 0 Å². The predicted molar refractivity (Wildman–Crippen MR) is 30.9 cm³/mol. The average molecular weight is 300 g/mol. The molecule has 0 saturated heterocycles. The van der Waals surface area contributed by atoms with Gasteiger partial charge in [-0.05, 0) is 0 Å². The summed E-state index contributed by atoms with van der Waals surface area (Å²) in [4.78, 5) is 0. The van der Waals surface area contributed by atoms with Crippen molar-refractivity contribution in [1.29, 1.82) is 31.6 Å². The normalized spacial score (nSPS) is 0.800. The fourth-order valence-electron chi connectivity index (χ4n) is 0. The Bertz CT molecular complexity index is 108. The van der Waals surface area contributed by atoms with Gasteiger partial charge in [-0.3, -0.25) is 0 Å². The summed E-state index contributed by atoms with van der Waals surface area (Å²) in [5.74, 6) is 0. The molecule has 6 nitrogen and oxygen atoms in total. The van der Waals surface area contributed by atoms with Gasteiger partial charge in [-0.15, -0.1) is 0 Å². The Hall–Kier alpha value is -0.190. The third kappa shape index (κ3) is 53400. The van der Waals surface area contributed by atoms with E-state index in [1.807, 2.05) is 0 Å². The van der Waals surface area contributed by atoms with Crippen LogP contribution in [0.4, 0.5) is 0 Å². The molecule has 0 fully saturated rings. The van der Waals surface area contributed by atoms with Gasteiger partial charge in [-0.2, -0.15) is 0 Å². The first kappa shape index (κ1) is 83.7. The Morgan fingerprint density at radius 3 is 0.467 bits per heavy atom. The first-order valence-electron chi connectivity index (χ1n) is 1.34. The topological polar surface area (TPSA) is 143 Å². The third-order valence-corrected chi connectivity index (χ3v) is 0. The molecule has 0 aromatic rings. The summed E-state index contributed by atoms with van der Waals surface area (Å²) < 4.78 is 0. The van der Waals surface area contributed by atoms with Crippen LogP contribution in [0.15, 0.2) is 0 Å². The molecule has 15 heavy (non-hydrogen) atoms. The van der Waals surface area contributed by atoms with E-state index in [4.69, 9.17) is 71.0 Å². The SMILES string of the molecule is [C-]#N.[C-]#N.[C-]#N.[C-]#N.[C-]#N.[C-]#N.[Fe+6].[H-].[K+].[Ti]. The Balaban J connectivity index is -0.00000000321. The van der Waals surface area contributed by atoms with Crippen molar-refractivity contribution in [3.8, 4) is 0 Å². The van der Waals surface area contributed by atoms with Crippen LogP contribution < -0.4 is 51.4 Å². The van der Waals surface area contributed by atoms with Gasteiger partial charge in [0.1, 0.15) is 0 Å². The molecule has 68 valence electrons. The van der Waals surface area contributed by atoms with Gasteiger partial charge < -0.3 is 72.4 Å². The van der Waals surface area contributed by atoms with Gasteiger partial charge in [0.05, 0.1) is 0 Å². The quantitative estimate of drug-likeness (QED) is 0.363. The molecule has 0 N–H and O–H groups in total. The Morgan fingerprint density at radius 2 is 0.467 bits per heavy atom. The predicted octanol–water partition coefficient (Wildman–Crippen LogP) is -2.31. The van der Waals surface area contributed by atoms with Crippen molar-refractivity contribution in [2.24, 2.45) is 0 Å². The molecule has 0 aromatic heterocycles. The van der Waals surface area contributed by atoms with Crippen molar-refractivity contribution in [1.82, 2.24) is 0 Å². The van der Waals surface area contributed by atoms with Gasteiger partial charge in [0.2, 0.25) is 0 Å². The Kier molecular flexibility index (Phi) is 351000. The minimum absolute atomic E-state index is 0. The van der Waals surface area contributed by atoms with Gasteiger partial charge in [0.15, 0.2) is 0 Å². The molecular weight excluding hydrogens is 299 g/mol. The summed E-state index contributed by atoms with van der Waals surface area (Å²) in [5.41, 5.74) is 0. The molecule has 0 unspecified atom stereocenters. The van der Waals surface area contributed by atoms with Crippen molar-refractivity contribution < 1.29 is 91.6 Å². The fraction of sp³-hybridized carbons (Fsp3) is 0. The standard InChI is InChI=1S/6CN.Fe.K.Ti.H/c6*1-2;;;;/q6*-1;+6;+1;;-1. The molecule has 0 aliphatic heterocycles. The summed E-state index contributed by atoms with van der Waals surface area (Å²) in [6.07, 6.45) is 0. The van der Waals surface area contributed by atoms with Gasteiger partial charge in [0, 0.05) is 21.7 Å². The maximum atomic E-state index is 6.25. The van der Waals surface area contributed by atoms with Crippen LogP contribution in [-0.2, 0) is 38.8 Å². The van der Waals surface area contributed by atoms with Crippen LogP contribution in [0.2, 0.25) is 0 Å². The molecule has 0 saturated carbocycles. The molecule has 0 bridgehead atoms. The number of rotatable bonds is 0. The van der Waals surface area contributed by atoms with E-state index in [1.165, 1.54) is 0 Å². The minimum Gasteiger partial charge on any atom is -1.00 e. The second-order valence-electron chi connectivity index (χ2n) is 0. The summed E-state index contributed by atoms with van der Waals surface area (Å²) >= 11 is 0. The molecular formula is C6HFeKN6Ti. The van der Waals surface area contributed by atoms with E-state index < -0.39 is 0 Å². The van der Waals surface area contributed by atoms with Crippen LogP contribution in [0, 0.1) is 71.0 Å². The molecule has 0 rings (SSSR count). The molecule has 0 aliphatic carbocycles. The maximum absolute atomic E-state index is 6.25. The van der Waals surface area contributed by atoms with Gasteiger partial charge >= 0.3 is 68.5 Å². The summed E-state index contributed by atoms with van der Waals surface area (Å²) in [6.45, 7) is 28.5. The van der Waals surface area contributed by atoms with Gasteiger partial charge in [0.25, 0.3) is 0 Å². The Labute approximate surface area is 160 Å². The van der Waals surface area contributed by atoms with Crippen molar-refractivity contribution in [3.63, 3.8) is 0 Å². The molecule has 0 atom stereocenters. The van der Waals surface area contributed by atoms with Crippen LogP contribution in [0.5, 0.6) is 0 Å². The summed E-state index contributed by atoms with van der Waals surface area (Å²) in [6, 6.07) is 0. The fourth-order valence-corrected chi connectivity index (χ4v) is 0. The Morgan fingerprint density at radius 1 is 0.467 bits per heavy atom. The smallest absolute Gasteiger partial charge is 1.00 e. The van der Waals surface area contributed by atoms with E-state index in [2.05, 4.69) is 0 Å². The van der Waals surface area contributed by atoms with Gasteiger partial charge in [-0.25, -0.2) is 0 Å². The van der Waals surface area contributed by atoms with E-state index >= 15 is 0 Å². The van der Waals surface area contributed by atoms with Crippen molar-refractivity contribution in [2.75, 3.05) is 0 Å². The molecule has 0 heterocycles. The zero-order valence-corrected chi connectivity index (χ0v) is 13.3. The molecule has 0 aliphatic rings. The van der Waals surface area contributed by atoms with E-state index in [9.17, 15) is 0 Å². The molecule has 0 amide bonds. The van der Waals surface area contributed by atoms with Crippen LogP contribution in [0.25, 0.3) is 0 Å². The first-order chi connectivity index (χ1) is 6.00. The summed E-state index contributed by atoms with van der Waals surface area (Å²) in [7, 11) is 0. The molecule has 9 heteroatoms. The largest absolute Gasteiger partial charge is 6.00 e. The van der Waals surface area contributed by atoms with E-state index in [1.54, 1.807) is 0 Å². The zero-order chi connectivity index (χ0) is 12.0. The summed E-state index contributed by atoms with van der Waals surface area (Å²) in [5, 5.41) is 37.5. The third-order valence-electron chi connectivity index (χ3n) is 0. The van der Waals surface area contributed by atoms with Crippen LogP contribution in [0.3, 0.4) is 0 Å². The molecule has 0 spiro atoms. The van der Waals surface area contributed by atoms with Crippen LogP contribution in [0.1, 0.15) is 1.43 Å². The minimum atomic E-state index is 0. The van der Waals surface area contributed by atoms with Crippen molar-refractivity contribution in [3.05, 3.63) is 39.4 Å². The van der Waals surface area contributed by atoms with E-state index in [0.29, 0.717) is 0 Å². The van der Waals surface area contributed by atoms with Crippen LogP contribution in [-0.4, -0.2) is 0 Å². The number of hydrogen-bond donors (Lipinski definition) is 0. The second-order valence-corrected chi connectivity index (χ2v) is 0. The molecule has 0 aromatic carbocycles. The van der Waals surface area contributed by atoms with E-state index in [-0.39, 0.29) is 91.6 Å². The molecule has 0 radical (unpaired) electrons. The van der Waals surface area contributed by atoms with Gasteiger partial charge in [-0.1, -0.05) is 0 Å². The zero-order valence-electron chi connectivity index (χ0n) is 8.54. The van der Waals surface area contributed by atoms with Crippen molar-refractivity contribution >= 4 is 0 Å².